The van der Waals surface area contributed by atoms with Gasteiger partial charge in [-0.1, -0.05) is 12.1 Å². The number of hydrogen-bond acceptors (Lipinski definition) is 4. The Hall–Kier alpha value is -2.06. The van der Waals surface area contributed by atoms with Crippen molar-refractivity contribution in [3.63, 3.8) is 0 Å². The molecular formula is C14H19N3O2. The SMILES string of the molecule is COc1ccc([C@H](C)NCC(=O)NCCC#N)cc1. The van der Waals surface area contributed by atoms with Crippen LogP contribution in [0, 0.1) is 11.3 Å². The van der Waals surface area contributed by atoms with Gasteiger partial charge in [-0.3, -0.25) is 4.79 Å². The third-order valence-electron chi connectivity index (χ3n) is 2.74. The predicted molar refractivity (Wildman–Crippen MR) is 72.7 cm³/mol. The average molecular weight is 261 g/mol. The van der Waals surface area contributed by atoms with E-state index in [0.717, 1.165) is 11.3 Å². The molecule has 0 bridgehead atoms. The smallest absolute Gasteiger partial charge is 0.234 e. The van der Waals surface area contributed by atoms with Gasteiger partial charge in [0.05, 0.1) is 26.1 Å². The fourth-order valence-electron chi connectivity index (χ4n) is 1.58. The Morgan fingerprint density at radius 3 is 2.68 bits per heavy atom. The van der Waals surface area contributed by atoms with E-state index >= 15 is 0 Å². The van der Waals surface area contributed by atoms with Crippen LogP contribution in [0.4, 0.5) is 0 Å². The van der Waals surface area contributed by atoms with Crippen LogP contribution in [0.3, 0.4) is 0 Å². The second-order valence-corrected chi connectivity index (χ2v) is 4.13. The van der Waals surface area contributed by atoms with Crippen LogP contribution in [-0.4, -0.2) is 26.1 Å². The summed E-state index contributed by atoms with van der Waals surface area (Å²) >= 11 is 0. The van der Waals surface area contributed by atoms with Crippen LogP contribution in [0.5, 0.6) is 5.75 Å². The van der Waals surface area contributed by atoms with E-state index in [4.69, 9.17) is 10.00 Å². The molecule has 0 spiro atoms. The van der Waals surface area contributed by atoms with Crippen LogP contribution < -0.4 is 15.4 Å². The Morgan fingerprint density at radius 1 is 1.42 bits per heavy atom. The van der Waals surface area contributed by atoms with Gasteiger partial charge in [-0.25, -0.2) is 0 Å². The van der Waals surface area contributed by atoms with E-state index in [1.807, 2.05) is 37.3 Å². The largest absolute Gasteiger partial charge is 0.497 e. The fourth-order valence-corrected chi connectivity index (χ4v) is 1.58. The lowest BCUT2D eigenvalue weighted by atomic mass is 10.1. The zero-order valence-corrected chi connectivity index (χ0v) is 11.3. The first-order valence-corrected chi connectivity index (χ1v) is 6.18. The maximum absolute atomic E-state index is 11.5. The van der Waals surface area contributed by atoms with Crippen molar-refractivity contribution in [2.75, 3.05) is 20.2 Å². The molecule has 2 N–H and O–H groups in total. The molecule has 1 rings (SSSR count). The van der Waals surface area contributed by atoms with Crippen molar-refractivity contribution in [3.05, 3.63) is 29.8 Å². The maximum atomic E-state index is 11.5. The lowest BCUT2D eigenvalue weighted by molar-refractivity contribution is -0.120. The molecule has 0 aliphatic heterocycles. The first kappa shape index (κ1) is 15.0. The lowest BCUT2D eigenvalue weighted by Crippen LogP contribution is -2.35. The van der Waals surface area contributed by atoms with E-state index in [-0.39, 0.29) is 18.5 Å². The highest BCUT2D eigenvalue weighted by molar-refractivity contribution is 5.78. The van der Waals surface area contributed by atoms with Gasteiger partial charge in [-0.2, -0.15) is 5.26 Å². The zero-order chi connectivity index (χ0) is 14.1. The molecule has 0 unspecified atom stereocenters. The van der Waals surface area contributed by atoms with E-state index < -0.39 is 0 Å². The Kier molecular flexibility index (Phi) is 6.41. The van der Waals surface area contributed by atoms with Gasteiger partial charge in [-0.05, 0) is 24.6 Å². The summed E-state index contributed by atoms with van der Waals surface area (Å²) in [6.45, 7) is 2.62. The van der Waals surface area contributed by atoms with Crippen molar-refractivity contribution in [1.82, 2.24) is 10.6 Å². The summed E-state index contributed by atoms with van der Waals surface area (Å²) in [5.41, 5.74) is 1.09. The summed E-state index contributed by atoms with van der Waals surface area (Å²) in [4.78, 5) is 11.5. The number of hydrogen-bond donors (Lipinski definition) is 2. The van der Waals surface area contributed by atoms with Gasteiger partial charge in [0.2, 0.25) is 5.91 Å². The Bertz CT molecular complexity index is 437. The molecule has 1 amide bonds. The molecule has 0 aliphatic rings. The Morgan fingerprint density at radius 2 is 2.11 bits per heavy atom. The van der Waals surface area contributed by atoms with Crippen molar-refractivity contribution < 1.29 is 9.53 Å². The zero-order valence-electron chi connectivity index (χ0n) is 11.3. The van der Waals surface area contributed by atoms with E-state index in [1.165, 1.54) is 0 Å². The minimum absolute atomic E-state index is 0.0765. The molecule has 19 heavy (non-hydrogen) atoms. The Balaban J connectivity index is 2.35. The molecule has 1 aromatic carbocycles. The number of carbonyl (C=O) groups excluding carboxylic acids is 1. The average Bonchev–Trinajstić information content (AvgIpc) is 2.45. The van der Waals surface area contributed by atoms with Crippen molar-refractivity contribution in [2.24, 2.45) is 0 Å². The summed E-state index contributed by atoms with van der Waals surface area (Å²) in [5.74, 6) is 0.709. The fraction of sp³-hybridized carbons (Fsp3) is 0.429. The second kappa shape index (κ2) is 8.11. The summed E-state index contributed by atoms with van der Waals surface area (Å²) in [5, 5.41) is 14.2. The van der Waals surface area contributed by atoms with Gasteiger partial charge in [-0.15, -0.1) is 0 Å². The van der Waals surface area contributed by atoms with Gasteiger partial charge < -0.3 is 15.4 Å². The predicted octanol–water partition coefficient (Wildman–Crippen LogP) is 1.38. The molecule has 0 heterocycles. The summed E-state index contributed by atoms with van der Waals surface area (Å²) in [7, 11) is 1.63. The Labute approximate surface area is 113 Å². The normalized spacial score (nSPS) is 11.4. The minimum Gasteiger partial charge on any atom is -0.497 e. The quantitative estimate of drug-likeness (QED) is 0.727. The molecule has 5 heteroatoms. The monoisotopic (exact) mass is 261 g/mol. The third-order valence-corrected chi connectivity index (χ3v) is 2.74. The number of carbonyl (C=O) groups is 1. The third kappa shape index (κ3) is 5.40. The molecule has 0 saturated carbocycles. The van der Waals surface area contributed by atoms with E-state index in [2.05, 4.69) is 10.6 Å². The topological polar surface area (TPSA) is 74.2 Å². The number of amides is 1. The highest BCUT2D eigenvalue weighted by Gasteiger charge is 2.07. The number of ether oxygens (including phenoxy) is 1. The van der Waals surface area contributed by atoms with Crippen LogP contribution in [0.1, 0.15) is 24.9 Å². The molecule has 1 atom stereocenters. The molecule has 102 valence electrons. The maximum Gasteiger partial charge on any atom is 0.234 e. The number of benzene rings is 1. The second-order valence-electron chi connectivity index (χ2n) is 4.13. The van der Waals surface area contributed by atoms with Gasteiger partial charge in [0.25, 0.3) is 0 Å². The number of methoxy groups -OCH3 is 1. The molecule has 5 nitrogen and oxygen atoms in total. The molecule has 0 saturated heterocycles. The summed E-state index contributed by atoms with van der Waals surface area (Å²) in [6, 6.07) is 9.76. The van der Waals surface area contributed by atoms with Crippen LogP contribution in [0.15, 0.2) is 24.3 Å². The minimum atomic E-state index is -0.101. The molecule has 1 aromatic rings. The van der Waals surface area contributed by atoms with Crippen LogP contribution in [0.2, 0.25) is 0 Å². The standard InChI is InChI=1S/C14H19N3O2/c1-11(12-4-6-13(19-2)7-5-12)17-10-14(18)16-9-3-8-15/h4-7,11,17H,3,9-10H2,1-2H3,(H,16,18)/t11-/m0/s1. The van der Waals surface area contributed by atoms with Crippen LogP contribution in [-0.2, 0) is 4.79 Å². The summed E-state index contributed by atoms with van der Waals surface area (Å²) < 4.78 is 5.09. The number of nitriles is 1. The van der Waals surface area contributed by atoms with Crippen molar-refractivity contribution in [2.45, 2.75) is 19.4 Å². The number of rotatable bonds is 7. The van der Waals surface area contributed by atoms with Gasteiger partial charge in [0.15, 0.2) is 0 Å². The molecular weight excluding hydrogens is 242 g/mol. The summed E-state index contributed by atoms with van der Waals surface area (Å²) in [6.07, 6.45) is 0.333. The van der Waals surface area contributed by atoms with Crippen LogP contribution in [0.25, 0.3) is 0 Å². The van der Waals surface area contributed by atoms with E-state index in [1.54, 1.807) is 7.11 Å². The highest BCUT2D eigenvalue weighted by atomic mass is 16.5. The molecule has 0 fully saturated rings. The number of nitrogens with zero attached hydrogens (tertiary/aromatic N) is 1. The van der Waals surface area contributed by atoms with Crippen LogP contribution >= 0.6 is 0 Å². The lowest BCUT2D eigenvalue weighted by Gasteiger charge is -2.14. The van der Waals surface area contributed by atoms with Crippen molar-refractivity contribution in [1.29, 1.82) is 5.26 Å². The van der Waals surface area contributed by atoms with Crippen molar-refractivity contribution in [3.8, 4) is 11.8 Å². The molecule has 0 aliphatic carbocycles. The van der Waals surface area contributed by atoms with Crippen molar-refractivity contribution >= 4 is 5.91 Å². The first-order valence-electron chi connectivity index (χ1n) is 6.18. The molecule has 0 radical (unpaired) electrons. The van der Waals surface area contributed by atoms with E-state index in [9.17, 15) is 4.79 Å². The first-order chi connectivity index (χ1) is 9.17. The van der Waals surface area contributed by atoms with E-state index in [0.29, 0.717) is 13.0 Å². The number of nitrogens with one attached hydrogen (secondary N) is 2. The molecule has 0 aromatic heterocycles. The van der Waals surface area contributed by atoms with Gasteiger partial charge >= 0.3 is 0 Å². The van der Waals surface area contributed by atoms with Gasteiger partial charge in [0.1, 0.15) is 5.75 Å². The highest BCUT2D eigenvalue weighted by Crippen LogP contribution is 2.16. The van der Waals surface area contributed by atoms with Gasteiger partial charge in [0, 0.05) is 12.6 Å².